The monoisotopic (exact) mass is 287 g/mol. The van der Waals surface area contributed by atoms with Crippen molar-refractivity contribution in [2.24, 2.45) is 0 Å². The number of hydrogen-bond donors (Lipinski definition) is 1. The van der Waals surface area contributed by atoms with E-state index in [0.717, 1.165) is 19.1 Å². The van der Waals surface area contributed by atoms with Gasteiger partial charge < -0.3 is 9.67 Å². The third-order valence-corrected chi connectivity index (χ3v) is 3.70. The summed E-state index contributed by atoms with van der Waals surface area (Å²) in [5, 5.41) is 20.4. The first-order valence-corrected chi connectivity index (χ1v) is 6.64. The summed E-state index contributed by atoms with van der Waals surface area (Å²) in [5.74, 6) is 0.446. The Labute approximate surface area is 119 Å². The Balaban J connectivity index is 2.36. The summed E-state index contributed by atoms with van der Waals surface area (Å²) in [6.45, 7) is 0.661. The third-order valence-electron chi connectivity index (χ3n) is 3.70. The van der Waals surface area contributed by atoms with E-state index in [0.29, 0.717) is 29.9 Å². The predicted molar refractivity (Wildman–Crippen MR) is 77.1 cm³/mol. The van der Waals surface area contributed by atoms with E-state index in [2.05, 4.69) is 4.98 Å². The zero-order valence-corrected chi connectivity index (χ0v) is 11.2. The molecule has 1 N–H and O–H groups in total. The number of fused-ring (bicyclic) bond motifs is 3. The van der Waals surface area contributed by atoms with Gasteiger partial charge >= 0.3 is 0 Å². The van der Waals surface area contributed by atoms with E-state index in [1.54, 1.807) is 6.07 Å². The van der Waals surface area contributed by atoms with Gasteiger partial charge in [-0.05, 0) is 25.3 Å². The summed E-state index contributed by atoms with van der Waals surface area (Å²) in [4.78, 5) is 26.5. The van der Waals surface area contributed by atoms with Gasteiger partial charge in [0.1, 0.15) is 5.82 Å². The Bertz CT molecular complexity index is 823. The Kier molecular flexibility index (Phi) is 3.17. The van der Waals surface area contributed by atoms with Crippen LogP contribution in [0.25, 0.3) is 16.5 Å². The molecule has 1 aromatic heterocycles. The van der Waals surface area contributed by atoms with Gasteiger partial charge in [-0.3, -0.25) is 14.9 Å². The number of non-ortho nitro benzene ring substituents is 1. The van der Waals surface area contributed by atoms with Gasteiger partial charge in [-0.1, -0.05) is 0 Å². The number of benzene rings is 1. The van der Waals surface area contributed by atoms with Crippen LogP contribution in [0.4, 0.5) is 5.69 Å². The van der Waals surface area contributed by atoms with Gasteiger partial charge in [-0.25, -0.2) is 0 Å². The van der Waals surface area contributed by atoms with E-state index in [4.69, 9.17) is 0 Å². The second-order valence-electron chi connectivity index (χ2n) is 4.96. The van der Waals surface area contributed by atoms with Crippen LogP contribution in [0, 0.1) is 10.1 Å². The van der Waals surface area contributed by atoms with Crippen LogP contribution < -0.4 is 5.56 Å². The zero-order chi connectivity index (χ0) is 15.0. The molecule has 3 rings (SSSR count). The van der Waals surface area contributed by atoms with Crippen LogP contribution in [0.5, 0.6) is 0 Å². The summed E-state index contributed by atoms with van der Waals surface area (Å²) in [6.07, 6.45) is 3.42. The van der Waals surface area contributed by atoms with E-state index in [1.165, 1.54) is 12.1 Å². The van der Waals surface area contributed by atoms with Crippen LogP contribution >= 0.6 is 0 Å². The molecule has 2 aromatic rings. The van der Waals surface area contributed by atoms with Gasteiger partial charge in [0.05, 0.1) is 22.1 Å². The highest BCUT2D eigenvalue weighted by Crippen LogP contribution is 2.27. The zero-order valence-electron chi connectivity index (χ0n) is 11.2. The van der Waals surface area contributed by atoms with Crippen LogP contribution in [-0.2, 0) is 6.54 Å². The molecule has 0 saturated carbocycles. The van der Waals surface area contributed by atoms with Crippen molar-refractivity contribution < 1.29 is 10.0 Å². The maximum atomic E-state index is 12.1. The Hall–Kier alpha value is -2.70. The SMILES string of the molecule is O=c1nc2n(c3ccc([N+](=O)[O-])cc13)CCCC/C2=C\O. The molecule has 108 valence electrons. The highest BCUT2D eigenvalue weighted by Gasteiger charge is 2.19. The molecule has 0 amide bonds. The topological polar surface area (TPSA) is 98.3 Å². The van der Waals surface area contributed by atoms with E-state index in [-0.39, 0.29) is 11.1 Å². The average Bonchev–Trinajstić information content (AvgIpc) is 2.69. The number of rotatable bonds is 1. The number of allylic oxidation sites excluding steroid dienone is 1. The predicted octanol–water partition coefficient (Wildman–Crippen LogP) is 2.39. The number of aromatic nitrogens is 2. The fourth-order valence-electron chi connectivity index (χ4n) is 2.67. The highest BCUT2D eigenvalue weighted by atomic mass is 16.6. The first-order chi connectivity index (χ1) is 10.1. The first kappa shape index (κ1) is 13.3. The minimum atomic E-state index is -0.533. The lowest BCUT2D eigenvalue weighted by Gasteiger charge is -2.13. The average molecular weight is 287 g/mol. The number of nitrogens with zero attached hydrogens (tertiary/aromatic N) is 3. The van der Waals surface area contributed by atoms with E-state index < -0.39 is 10.5 Å². The van der Waals surface area contributed by atoms with Crippen molar-refractivity contribution in [3.63, 3.8) is 0 Å². The molecule has 0 atom stereocenters. The highest BCUT2D eigenvalue weighted by molar-refractivity contribution is 5.82. The van der Waals surface area contributed by atoms with Gasteiger partial charge in [0.25, 0.3) is 11.2 Å². The number of hydrogen-bond acceptors (Lipinski definition) is 5. The summed E-state index contributed by atoms with van der Waals surface area (Å²) in [5.41, 5.74) is 0.580. The largest absolute Gasteiger partial charge is 0.515 e. The third kappa shape index (κ3) is 2.16. The van der Waals surface area contributed by atoms with Crippen molar-refractivity contribution in [3.05, 3.63) is 50.8 Å². The normalized spacial score (nSPS) is 16.7. The fraction of sp³-hybridized carbons (Fsp3) is 0.286. The van der Waals surface area contributed by atoms with Crippen molar-refractivity contribution in [2.75, 3.05) is 0 Å². The molecule has 0 saturated heterocycles. The maximum Gasteiger partial charge on any atom is 0.281 e. The standard InChI is InChI=1S/C14H13N3O4/c18-8-9-3-1-2-6-16-12-5-4-10(17(20)21)7-11(12)14(19)15-13(9)16/h4-5,7-8,18H,1-3,6H2/b9-8+. The van der Waals surface area contributed by atoms with Gasteiger partial charge in [-0.15, -0.1) is 0 Å². The number of nitro benzene ring substituents is 1. The van der Waals surface area contributed by atoms with Crippen molar-refractivity contribution >= 4 is 22.2 Å². The Morgan fingerprint density at radius 3 is 2.90 bits per heavy atom. The maximum absolute atomic E-state index is 12.1. The molecular formula is C14H13N3O4. The van der Waals surface area contributed by atoms with E-state index >= 15 is 0 Å². The van der Waals surface area contributed by atoms with Crippen LogP contribution in [0.2, 0.25) is 0 Å². The molecule has 1 aliphatic heterocycles. The summed E-state index contributed by atoms with van der Waals surface area (Å²) >= 11 is 0. The quantitative estimate of drug-likeness (QED) is 0.493. The number of nitro groups is 1. The van der Waals surface area contributed by atoms with Crippen LogP contribution in [0.15, 0.2) is 29.3 Å². The molecule has 1 aliphatic rings. The summed E-state index contributed by atoms with van der Waals surface area (Å²) < 4.78 is 1.84. The number of aliphatic hydroxyl groups is 1. The minimum absolute atomic E-state index is 0.131. The molecule has 7 nitrogen and oxygen atoms in total. The summed E-state index contributed by atoms with van der Waals surface area (Å²) in [7, 11) is 0. The molecular weight excluding hydrogens is 274 g/mol. The van der Waals surface area contributed by atoms with Crippen LogP contribution in [-0.4, -0.2) is 19.6 Å². The van der Waals surface area contributed by atoms with E-state index in [9.17, 15) is 20.0 Å². The molecule has 0 spiro atoms. The lowest BCUT2D eigenvalue weighted by atomic mass is 10.1. The lowest BCUT2D eigenvalue weighted by Crippen LogP contribution is -2.18. The molecule has 0 unspecified atom stereocenters. The number of aryl methyl sites for hydroxylation is 1. The molecule has 21 heavy (non-hydrogen) atoms. The molecule has 0 radical (unpaired) electrons. The second kappa shape index (κ2) is 5.01. The van der Waals surface area contributed by atoms with Crippen molar-refractivity contribution in [3.8, 4) is 0 Å². The number of aliphatic hydroxyl groups excluding tert-OH is 1. The second-order valence-corrected chi connectivity index (χ2v) is 4.96. The van der Waals surface area contributed by atoms with Gasteiger partial charge in [0.2, 0.25) is 0 Å². The van der Waals surface area contributed by atoms with Crippen LogP contribution in [0.1, 0.15) is 25.1 Å². The molecule has 1 aromatic carbocycles. The Morgan fingerprint density at radius 2 is 2.19 bits per heavy atom. The first-order valence-electron chi connectivity index (χ1n) is 6.64. The van der Waals surface area contributed by atoms with E-state index in [1.807, 2.05) is 4.57 Å². The summed E-state index contributed by atoms with van der Waals surface area (Å²) in [6, 6.07) is 4.20. The fourth-order valence-corrected chi connectivity index (χ4v) is 2.67. The molecule has 0 fully saturated rings. The smallest absolute Gasteiger partial charge is 0.281 e. The molecule has 7 heteroatoms. The van der Waals surface area contributed by atoms with Gasteiger partial charge in [0.15, 0.2) is 0 Å². The molecule has 2 heterocycles. The van der Waals surface area contributed by atoms with Gasteiger partial charge in [0, 0.05) is 24.3 Å². The lowest BCUT2D eigenvalue weighted by molar-refractivity contribution is -0.384. The van der Waals surface area contributed by atoms with Crippen LogP contribution in [0.3, 0.4) is 0 Å². The molecule has 0 aliphatic carbocycles. The minimum Gasteiger partial charge on any atom is -0.515 e. The van der Waals surface area contributed by atoms with Crippen molar-refractivity contribution in [1.29, 1.82) is 0 Å². The Morgan fingerprint density at radius 1 is 1.38 bits per heavy atom. The molecule has 0 bridgehead atoms. The van der Waals surface area contributed by atoms with Gasteiger partial charge in [-0.2, -0.15) is 4.98 Å². The van der Waals surface area contributed by atoms with Crippen molar-refractivity contribution in [1.82, 2.24) is 9.55 Å². The van der Waals surface area contributed by atoms with Crippen molar-refractivity contribution in [2.45, 2.75) is 25.8 Å².